The van der Waals surface area contributed by atoms with E-state index in [1.165, 1.54) is 18.2 Å². The monoisotopic (exact) mass is 494 g/mol. The Kier molecular flexibility index (Phi) is 7.89. The van der Waals surface area contributed by atoms with Gasteiger partial charge in [0.25, 0.3) is 0 Å². The second-order valence-corrected chi connectivity index (χ2v) is 8.69. The fraction of sp³-hybridized carbons (Fsp3) is 0.333. The number of rotatable bonds is 8. The summed E-state index contributed by atoms with van der Waals surface area (Å²) in [6.45, 7) is 7.55. The number of hydrogen-bond donors (Lipinski definition) is 3. The van der Waals surface area contributed by atoms with E-state index >= 15 is 0 Å². The maximum absolute atomic E-state index is 12.7. The molecule has 0 spiro atoms. The van der Waals surface area contributed by atoms with E-state index < -0.39 is 6.36 Å². The average molecular weight is 495 g/mol. The van der Waals surface area contributed by atoms with Gasteiger partial charge in [-0.3, -0.25) is 0 Å². The van der Waals surface area contributed by atoms with E-state index in [0.717, 1.165) is 16.8 Å². The van der Waals surface area contributed by atoms with Crippen LogP contribution in [0.2, 0.25) is 5.02 Å². The lowest BCUT2D eigenvalue weighted by atomic mass is 10.1. The molecule has 0 aliphatic carbocycles. The molecule has 0 saturated carbocycles. The van der Waals surface area contributed by atoms with Gasteiger partial charge < -0.3 is 20.5 Å². The van der Waals surface area contributed by atoms with Crippen LogP contribution in [0.5, 0.6) is 5.75 Å². The summed E-state index contributed by atoms with van der Waals surface area (Å²) in [5.41, 5.74) is 3.38. The van der Waals surface area contributed by atoms with E-state index in [9.17, 15) is 18.3 Å². The molecule has 1 heterocycles. The molecule has 1 atom stereocenters. The number of aryl methyl sites for hydroxylation is 2. The third kappa shape index (κ3) is 6.74. The van der Waals surface area contributed by atoms with E-state index in [1.54, 1.807) is 12.1 Å². The van der Waals surface area contributed by atoms with Gasteiger partial charge in [0.05, 0.1) is 18.3 Å². The van der Waals surface area contributed by atoms with Crippen molar-refractivity contribution in [1.82, 2.24) is 9.97 Å². The number of ether oxygens (including phenoxy) is 1. The number of aliphatic hydroxyl groups excluding tert-OH is 1. The van der Waals surface area contributed by atoms with Crippen LogP contribution in [0.15, 0.2) is 42.5 Å². The predicted molar refractivity (Wildman–Crippen MR) is 128 cm³/mol. The Bertz CT molecular complexity index is 1130. The molecule has 1 aromatic heterocycles. The van der Waals surface area contributed by atoms with Crippen LogP contribution < -0.4 is 15.4 Å². The molecule has 0 aliphatic heterocycles. The molecule has 0 bridgehead atoms. The molecule has 10 heteroatoms. The highest BCUT2D eigenvalue weighted by atomic mass is 35.5. The zero-order valence-electron chi connectivity index (χ0n) is 19.2. The highest BCUT2D eigenvalue weighted by molar-refractivity contribution is 6.30. The first-order valence-electron chi connectivity index (χ1n) is 10.6. The van der Waals surface area contributed by atoms with Crippen molar-refractivity contribution >= 4 is 29.1 Å². The van der Waals surface area contributed by atoms with E-state index in [0.29, 0.717) is 22.1 Å². The minimum Gasteiger partial charge on any atom is -0.406 e. The molecular formula is C24H26ClF3N4O2. The first kappa shape index (κ1) is 25.6. The fourth-order valence-corrected chi connectivity index (χ4v) is 3.73. The Balaban J connectivity index is 2.06. The maximum atomic E-state index is 12.7. The molecule has 34 heavy (non-hydrogen) atoms. The topological polar surface area (TPSA) is 79.3 Å². The maximum Gasteiger partial charge on any atom is 0.573 e. The van der Waals surface area contributed by atoms with Crippen LogP contribution >= 0.6 is 11.6 Å². The molecule has 0 unspecified atom stereocenters. The lowest BCUT2D eigenvalue weighted by Crippen LogP contribution is -2.30. The van der Waals surface area contributed by atoms with Crippen LogP contribution in [0.25, 0.3) is 11.3 Å². The zero-order valence-corrected chi connectivity index (χ0v) is 19.9. The van der Waals surface area contributed by atoms with E-state index in [1.807, 2.05) is 39.8 Å². The lowest BCUT2D eigenvalue weighted by Gasteiger charge is -2.21. The number of benzene rings is 2. The molecule has 2 aromatic carbocycles. The quantitative estimate of drug-likeness (QED) is 0.332. The number of aliphatic hydroxyl groups is 1. The van der Waals surface area contributed by atoms with Crippen molar-refractivity contribution in [2.45, 2.75) is 40.1 Å². The summed E-state index contributed by atoms with van der Waals surface area (Å²) in [5, 5.41) is 16.7. The number of anilines is 3. The Morgan fingerprint density at radius 3 is 2.32 bits per heavy atom. The third-order valence-electron chi connectivity index (χ3n) is 5.16. The van der Waals surface area contributed by atoms with E-state index in [4.69, 9.17) is 11.6 Å². The second-order valence-electron chi connectivity index (χ2n) is 8.25. The van der Waals surface area contributed by atoms with Gasteiger partial charge in [-0.1, -0.05) is 37.6 Å². The number of halogens is 4. The average Bonchev–Trinajstić information content (AvgIpc) is 2.73. The normalized spacial score (nSPS) is 12.5. The van der Waals surface area contributed by atoms with E-state index in [-0.39, 0.29) is 30.3 Å². The highest BCUT2D eigenvalue weighted by Crippen LogP contribution is 2.31. The molecule has 3 rings (SSSR count). The van der Waals surface area contributed by atoms with Crippen LogP contribution in [0.1, 0.15) is 25.0 Å². The first-order chi connectivity index (χ1) is 15.9. The van der Waals surface area contributed by atoms with Gasteiger partial charge in [0.2, 0.25) is 5.95 Å². The molecule has 3 N–H and O–H groups in total. The SMILES string of the molecule is Cc1cc(Cl)cc(C)c1Nc1cc(-c2cccc(OC(F)(F)F)c2)nc(N[C@@H](CO)C(C)C)n1. The van der Waals surface area contributed by atoms with Crippen LogP contribution in [0, 0.1) is 19.8 Å². The van der Waals surface area contributed by atoms with Gasteiger partial charge in [0.1, 0.15) is 11.6 Å². The summed E-state index contributed by atoms with van der Waals surface area (Å²) in [6.07, 6.45) is -4.81. The Morgan fingerprint density at radius 2 is 1.74 bits per heavy atom. The molecule has 0 amide bonds. The van der Waals surface area contributed by atoms with Crippen molar-refractivity contribution in [3.8, 4) is 17.0 Å². The molecular weight excluding hydrogens is 469 g/mol. The minimum atomic E-state index is -4.81. The Morgan fingerprint density at radius 1 is 1.06 bits per heavy atom. The summed E-state index contributed by atoms with van der Waals surface area (Å²) < 4.78 is 42.2. The van der Waals surface area contributed by atoms with Crippen LogP contribution in [-0.2, 0) is 0 Å². The predicted octanol–water partition coefficient (Wildman–Crippen LogP) is 6.48. The van der Waals surface area contributed by atoms with Gasteiger partial charge in [0.15, 0.2) is 0 Å². The summed E-state index contributed by atoms with van der Waals surface area (Å²) in [5.74, 6) is 0.369. The number of nitrogens with one attached hydrogen (secondary N) is 2. The molecule has 0 radical (unpaired) electrons. The molecule has 3 aromatic rings. The molecule has 0 saturated heterocycles. The van der Waals surface area contributed by atoms with E-state index in [2.05, 4.69) is 25.3 Å². The van der Waals surface area contributed by atoms with Gasteiger partial charge >= 0.3 is 6.36 Å². The molecule has 182 valence electrons. The van der Waals surface area contributed by atoms with Crippen molar-refractivity contribution in [2.75, 3.05) is 17.2 Å². The molecule has 0 fully saturated rings. The number of nitrogens with zero attached hydrogens (tertiary/aromatic N) is 2. The smallest absolute Gasteiger partial charge is 0.406 e. The first-order valence-corrected chi connectivity index (χ1v) is 11.0. The molecule has 6 nitrogen and oxygen atoms in total. The zero-order chi connectivity index (χ0) is 25.0. The van der Waals surface area contributed by atoms with Crippen LogP contribution in [-0.4, -0.2) is 34.1 Å². The second kappa shape index (κ2) is 10.5. The summed E-state index contributed by atoms with van der Waals surface area (Å²) >= 11 is 6.14. The Labute approximate surface area is 201 Å². The lowest BCUT2D eigenvalue weighted by molar-refractivity contribution is -0.274. The summed E-state index contributed by atoms with van der Waals surface area (Å²) in [7, 11) is 0. The minimum absolute atomic E-state index is 0.0814. The summed E-state index contributed by atoms with van der Waals surface area (Å²) in [6, 6.07) is 10.5. The number of hydrogen-bond acceptors (Lipinski definition) is 6. The van der Waals surface area contributed by atoms with Crippen molar-refractivity contribution < 1.29 is 23.0 Å². The fourth-order valence-electron chi connectivity index (χ4n) is 3.40. The van der Waals surface area contributed by atoms with Crippen LogP contribution in [0.3, 0.4) is 0 Å². The van der Waals surface area contributed by atoms with Gasteiger partial charge in [-0.25, -0.2) is 4.98 Å². The summed E-state index contributed by atoms with van der Waals surface area (Å²) in [4.78, 5) is 9.00. The third-order valence-corrected chi connectivity index (χ3v) is 5.37. The largest absolute Gasteiger partial charge is 0.573 e. The van der Waals surface area contributed by atoms with Crippen molar-refractivity contribution in [1.29, 1.82) is 0 Å². The Hall–Kier alpha value is -3.04. The van der Waals surface area contributed by atoms with Gasteiger partial charge in [-0.05, 0) is 55.2 Å². The number of aromatic nitrogens is 2. The molecule has 0 aliphatic rings. The van der Waals surface area contributed by atoms with Crippen LogP contribution in [0.4, 0.5) is 30.6 Å². The number of alkyl halides is 3. The van der Waals surface area contributed by atoms with Crippen molar-refractivity contribution in [2.24, 2.45) is 5.92 Å². The highest BCUT2D eigenvalue weighted by Gasteiger charge is 2.31. The standard InChI is InChI=1S/C24H26ClF3N4O2/c1-13(2)20(12-33)30-23-29-19(16-6-5-7-18(10-16)34-24(26,27)28)11-21(32-23)31-22-14(3)8-17(25)9-15(22)4/h5-11,13,20,33H,12H2,1-4H3,(H2,29,30,31,32)/t20-/m0/s1. The van der Waals surface area contributed by atoms with Gasteiger partial charge in [0, 0.05) is 22.3 Å². The van der Waals surface area contributed by atoms with Crippen molar-refractivity contribution in [3.63, 3.8) is 0 Å². The van der Waals surface area contributed by atoms with Gasteiger partial charge in [-0.2, -0.15) is 4.98 Å². The van der Waals surface area contributed by atoms with Gasteiger partial charge in [-0.15, -0.1) is 13.2 Å². The van der Waals surface area contributed by atoms with Crippen molar-refractivity contribution in [3.05, 3.63) is 58.6 Å².